The van der Waals surface area contributed by atoms with Crippen LogP contribution in [-0.2, 0) is 13.5 Å². The van der Waals surface area contributed by atoms with Crippen molar-refractivity contribution >= 4 is 15.9 Å². The van der Waals surface area contributed by atoms with E-state index in [9.17, 15) is 0 Å². The number of hydrogen-bond acceptors (Lipinski definition) is 3. The fraction of sp³-hybridized carbons (Fsp3) is 0.385. The zero-order valence-electron chi connectivity index (χ0n) is 10.8. The van der Waals surface area contributed by atoms with Crippen LogP contribution in [0.1, 0.15) is 28.7 Å². The van der Waals surface area contributed by atoms with Gasteiger partial charge in [-0.15, -0.1) is 0 Å². The number of nitrogens with two attached hydrogens (primary N) is 1. The van der Waals surface area contributed by atoms with Crippen LogP contribution in [0.3, 0.4) is 0 Å². The summed E-state index contributed by atoms with van der Waals surface area (Å²) >= 11 is 3.56. The molecule has 2 aromatic heterocycles. The summed E-state index contributed by atoms with van der Waals surface area (Å²) in [6.45, 7) is 3.95. The molecule has 0 bridgehead atoms. The number of aromatic nitrogens is 3. The van der Waals surface area contributed by atoms with Crippen molar-refractivity contribution in [3.05, 3.63) is 45.4 Å². The summed E-state index contributed by atoms with van der Waals surface area (Å²) in [6, 6.07) is 3.95. The van der Waals surface area contributed by atoms with E-state index in [2.05, 4.69) is 26.0 Å². The Kier molecular flexibility index (Phi) is 3.82. The Morgan fingerprint density at radius 2 is 2.11 bits per heavy atom. The van der Waals surface area contributed by atoms with Crippen LogP contribution in [0.4, 0.5) is 0 Å². The molecule has 0 amide bonds. The van der Waals surface area contributed by atoms with Gasteiger partial charge in [0.25, 0.3) is 0 Å². The zero-order valence-corrected chi connectivity index (χ0v) is 12.4. The monoisotopic (exact) mass is 308 g/mol. The van der Waals surface area contributed by atoms with E-state index in [0.717, 1.165) is 33.5 Å². The highest BCUT2D eigenvalue weighted by molar-refractivity contribution is 9.10. The number of halogens is 1. The second-order valence-electron chi connectivity index (χ2n) is 4.51. The minimum Gasteiger partial charge on any atom is -0.324 e. The van der Waals surface area contributed by atoms with Crippen molar-refractivity contribution < 1.29 is 0 Å². The van der Waals surface area contributed by atoms with Crippen molar-refractivity contribution in [2.45, 2.75) is 26.3 Å². The highest BCUT2D eigenvalue weighted by Gasteiger charge is 2.15. The second kappa shape index (κ2) is 5.20. The lowest BCUT2D eigenvalue weighted by Crippen LogP contribution is -2.16. The Labute approximate surface area is 115 Å². The van der Waals surface area contributed by atoms with Gasteiger partial charge in [-0.05, 0) is 41.4 Å². The van der Waals surface area contributed by atoms with Crippen molar-refractivity contribution in [3.8, 4) is 0 Å². The van der Waals surface area contributed by atoms with E-state index in [-0.39, 0.29) is 6.04 Å². The quantitative estimate of drug-likeness (QED) is 0.947. The second-order valence-corrected chi connectivity index (χ2v) is 5.31. The molecule has 5 heteroatoms. The molecule has 1 unspecified atom stereocenters. The highest BCUT2D eigenvalue weighted by atomic mass is 79.9. The van der Waals surface area contributed by atoms with Crippen LogP contribution in [0.5, 0.6) is 0 Å². The van der Waals surface area contributed by atoms with Crippen molar-refractivity contribution in [2.24, 2.45) is 12.8 Å². The van der Waals surface area contributed by atoms with Crippen molar-refractivity contribution in [1.82, 2.24) is 14.8 Å². The zero-order chi connectivity index (χ0) is 13.3. The van der Waals surface area contributed by atoms with E-state index in [4.69, 9.17) is 5.73 Å². The third-order valence-electron chi connectivity index (χ3n) is 3.04. The first-order valence-electron chi connectivity index (χ1n) is 5.85. The first kappa shape index (κ1) is 13.2. The first-order valence-corrected chi connectivity index (χ1v) is 6.64. The molecule has 0 saturated heterocycles. The van der Waals surface area contributed by atoms with Gasteiger partial charge in [-0.3, -0.25) is 9.67 Å². The van der Waals surface area contributed by atoms with Gasteiger partial charge in [-0.1, -0.05) is 6.07 Å². The smallest absolute Gasteiger partial charge is 0.0738 e. The average molecular weight is 309 g/mol. The molecular weight excluding hydrogens is 292 g/mol. The molecule has 0 saturated carbocycles. The molecule has 0 fully saturated rings. The molecule has 96 valence electrons. The number of rotatable bonds is 3. The summed E-state index contributed by atoms with van der Waals surface area (Å²) in [6.07, 6.45) is 2.58. The third-order valence-corrected chi connectivity index (χ3v) is 4.07. The number of hydrogen-bond donors (Lipinski definition) is 1. The molecule has 2 aromatic rings. The minimum atomic E-state index is -0.0656. The molecule has 0 aromatic carbocycles. The Hall–Kier alpha value is -1.20. The van der Waals surface area contributed by atoms with Crippen LogP contribution in [0.25, 0.3) is 0 Å². The number of pyridine rings is 1. The first-order chi connectivity index (χ1) is 8.49. The summed E-state index contributed by atoms with van der Waals surface area (Å²) in [5.41, 5.74) is 10.4. The molecule has 2 rings (SSSR count). The van der Waals surface area contributed by atoms with Crippen LogP contribution in [-0.4, -0.2) is 14.8 Å². The van der Waals surface area contributed by atoms with Gasteiger partial charge in [0.2, 0.25) is 0 Å². The van der Waals surface area contributed by atoms with Crippen molar-refractivity contribution in [3.63, 3.8) is 0 Å². The molecule has 2 N–H and O–H groups in total. The SMILES string of the molecule is Cc1ccc(C(N)Cc2c(Br)c(C)nn2C)cn1. The van der Waals surface area contributed by atoms with E-state index in [1.807, 2.05) is 43.9 Å². The lowest BCUT2D eigenvalue weighted by molar-refractivity contribution is 0.636. The highest BCUT2D eigenvalue weighted by Crippen LogP contribution is 2.24. The predicted molar refractivity (Wildman–Crippen MR) is 75.3 cm³/mol. The largest absolute Gasteiger partial charge is 0.324 e. The molecular formula is C13H17BrN4. The van der Waals surface area contributed by atoms with Gasteiger partial charge >= 0.3 is 0 Å². The standard InChI is InChI=1S/C13H17BrN4/c1-8-4-5-10(7-16-8)11(15)6-12-13(14)9(2)17-18(12)3/h4-5,7,11H,6,15H2,1-3H3. The Bertz CT molecular complexity index is 545. The number of nitrogens with zero attached hydrogens (tertiary/aromatic N) is 3. The normalized spacial score (nSPS) is 12.7. The Balaban J connectivity index is 2.21. The predicted octanol–water partition coefficient (Wildman–Crippen LogP) is 2.44. The van der Waals surface area contributed by atoms with Gasteiger partial charge in [-0.25, -0.2) is 0 Å². The van der Waals surface area contributed by atoms with Gasteiger partial charge in [0, 0.05) is 31.4 Å². The summed E-state index contributed by atoms with van der Waals surface area (Å²) in [5, 5.41) is 4.37. The molecule has 0 radical (unpaired) electrons. The summed E-state index contributed by atoms with van der Waals surface area (Å²) < 4.78 is 2.92. The molecule has 1 atom stereocenters. The van der Waals surface area contributed by atoms with Crippen LogP contribution in [0.2, 0.25) is 0 Å². The Morgan fingerprint density at radius 3 is 2.61 bits per heavy atom. The van der Waals surface area contributed by atoms with Crippen LogP contribution in [0.15, 0.2) is 22.8 Å². The minimum absolute atomic E-state index is 0.0656. The molecule has 0 aliphatic heterocycles. The van der Waals surface area contributed by atoms with E-state index in [1.54, 1.807) is 0 Å². The fourth-order valence-corrected chi connectivity index (χ4v) is 2.42. The molecule has 0 spiro atoms. The van der Waals surface area contributed by atoms with Crippen molar-refractivity contribution in [1.29, 1.82) is 0 Å². The van der Waals surface area contributed by atoms with E-state index < -0.39 is 0 Å². The van der Waals surface area contributed by atoms with Gasteiger partial charge in [0.15, 0.2) is 0 Å². The lowest BCUT2D eigenvalue weighted by atomic mass is 10.0. The molecule has 4 nitrogen and oxygen atoms in total. The number of aryl methyl sites for hydroxylation is 3. The van der Waals surface area contributed by atoms with E-state index in [1.165, 1.54) is 0 Å². The average Bonchev–Trinajstić information content (AvgIpc) is 2.57. The lowest BCUT2D eigenvalue weighted by Gasteiger charge is -2.12. The summed E-state index contributed by atoms with van der Waals surface area (Å²) in [5.74, 6) is 0. The fourth-order valence-electron chi connectivity index (χ4n) is 1.93. The van der Waals surface area contributed by atoms with E-state index >= 15 is 0 Å². The van der Waals surface area contributed by atoms with Crippen LogP contribution >= 0.6 is 15.9 Å². The van der Waals surface area contributed by atoms with Gasteiger partial charge in [0.1, 0.15) is 0 Å². The van der Waals surface area contributed by atoms with Gasteiger partial charge in [0.05, 0.1) is 15.9 Å². The van der Waals surface area contributed by atoms with Gasteiger partial charge < -0.3 is 5.73 Å². The third kappa shape index (κ3) is 2.62. The molecule has 0 aliphatic carbocycles. The summed E-state index contributed by atoms with van der Waals surface area (Å²) in [4.78, 5) is 4.28. The van der Waals surface area contributed by atoms with Crippen molar-refractivity contribution in [2.75, 3.05) is 0 Å². The molecule has 2 heterocycles. The van der Waals surface area contributed by atoms with Crippen LogP contribution < -0.4 is 5.73 Å². The topological polar surface area (TPSA) is 56.7 Å². The van der Waals surface area contributed by atoms with E-state index in [0.29, 0.717) is 0 Å². The molecule has 0 aliphatic rings. The van der Waals surface area contributed by atoms with Gasteiger partial charge in [-0.2, -0.15) is 5.10 Å². The maximum atomic E-state index is 6.22. The molecule has 18 heavy (non-hydrogen) atoms. The van der Waals surface area contributed by atoms with Crippen LogP contribution in [0, 0.1) is 13.8 Å². The summed E-state index contributed by atoms with van der Waals surface area (Å²) in [7, 11) is 1.94. The Morgan fingerprint density at radius 1 is 1.39 bits per heavy atom. The maximum Gasteiger partial charge on any atom is 0.0738 e. The maximum absolute atomic E-state index is 6.22.